The molecule has 26 fully saturated rings. The number of hydrogen-bond donors (Lipinski definition) is 0. The SMILES string of the molecule is CC1C2CCC(C2)[C@H]1C.CC1C2CCC(CC2)[C@H]1C.CC1CC2CC(C1)CC(C)(C)C2.CC1CCC2(CCCCC2)CC1.CCC1(C)CC2CC(C)CC(C2)C1.CCC1CC2CCC1C2.C[C@@H]1C2CCC(C2)C1(C)C.C[C@@H]1C2CCC(CC2)C1(C)C.C[C@H]1CC2CCC1(C)C2.C[C@H]1CC2CCC1(C)CC2.C[C@H]1CC2CCC1CC2. The maximum atomic E-state index is 2.52. The second kappa shape index (κ2) is 40.1. The molecule has 0 amide bonds. The van der Waals surface area contributed by atoms with Gasteiger partial charge in [0.25, 0.3) is 0 Å². The van der Waals surface area contributed by atoms with Gasteiger partial charge in [0, 0.05) is 0 Å². The molecule has 26 aliphatic carbocycles. The van der Waals surface area contributed by atoms with Gasteiger partial charge in [-0.05, 0) is 497 Å². The number of rotatable bonds is 2. The summed E-state index contributed by atoms with van der Waals surface area (Å²) in [5, 5.41) is 0. The average molecular weight is 1580 g/mol. The monoisotopic (exact) mass is 1580 g/mol. The number of hydrogen-bond acceptors (Lipinski definition) is 0. The van der Waals surface area contributed by atoms with Gasteiger partial charge in [-0.1, -0.05) is 223 Å². The van der Waals surface area contributed by atoms with Gasteiger partial charge in [0.1, 0.15) is 0 Å². The van der Waals surface area contributed by atoms with Crippen molar-refractivity contribution in [1.82, 2.24) is 0 Å². The van der Waals surface area contributed by atoms with Gasteiger partial charge < -0.3 is 0 Å². The van der Waals surface area contributed by atoms with Crippen molar-refractivity contribution >= 4 is 0 Å². The van der Waals surface area contributed by atoms with E-state index in [4.69, 9.17) is 0 Å². The highest BCUT2D eigenvalue weighted by molar-refractivity contribution is 5.02. The molecule has 0 nitrogen and oxygen atoms in total. The minimum Gasteiger partial charge on any atom is -0.0651 e. The Labute approximate surface area is 716 Å². The lowest BCUT2D eigenvalue weighted by molar-refractivity contribution is -0.0319. The van der Waals surface area contributed by atoms with Gasteiger partial charge in [-0.25, -0.2) is 0 Å². The van der Waals surface area contributed by atoms with Gasteiger partial charge in [0.05, 0.1) is 0 Å². The lowest BCUT2D eigenvalue weighted by atomic mass is 9.52. The molecule has 0 saturated heterocycles. The highest BCUT2D eigenvalue weighted by Gasteiger charge is 2.52. The van der Waals surface area contributed by atoms with E-state index in [9.17, 15) is 0 Å². The van der Waals surface area contributed by atoms with Crippen LogP contribution in [0.25, 0.3) is 0 Å². The van der Waals surface area contributed by atoms with E-state index in [1.807, 2.05) is 0 Å². The molecule has 26 rings (SSSR count). The second-order valence-electron chi connectivity index (χ2n) is 53.0. The van der Waals surface area contributed by atoms with Crippen LogP contribution in [0.4, 0.5) is 0 Å². The Morgan fingerprint density at radius 1 is 0.254 bits per heavy atom. The van der Waals surface area contributed by atoms with Crippen molar-refractivity contribution < 1.29 is 0 Å². The molecule has 0 heterocycles. The van der Waals surface area contributed by atoms with Gasteiger partial charge in [0.15, 0.2) is 0 Å². The summed E-state index contributed by atoms with van der Waals surface area (Å²) < 4.78 is 0. The number of fused-ring (bicyclic) bond motifs is 24. The molecule has 0 aromatic carbocycles. The second-order valence-corrected chi connectivity index (χ2v) is 53.0. The first kappa shape index (κ1) is 93.2. The van der Waals surface area contributed by atoms with E-state index in [1.54, 1.807) is 103 Å². The molecule has 0 aromatic heterocycles. The fourth-order valence-corrected chi connectivity index (χ4v) is 34.7. The molecule has 15 unspecified atom stereocenters. The van der Waals surface area contributed by atoms with Crippen molar-refractivity contribution in [2.75, 3.05) is 0 Å². The standard InChI is InChI=1S/C13H24.2C12H22.C11H20.3C10H18.4C9H16/c1-4-13(3)8-11-5-10(2)6-12(7-11)9-13;1-9-4-10-6-11(5-9)8-12(2,3)7-10;1-11-5-9-12(10-6-11)7-3-2-4-8-12;1-8-9-4-6-10(7-5-9)11(8,2)3;1-7-8-4-5-9(6-8)10(7,2)3;1-8-7-9-3-5-10(8,2)6-4-9;1-7-8(2)10-5-3-9(7)4-6-10;1-7-5-8-3-4-9(7,2)6-8;1-6-7(2)9-4-3-8(6)5-9;1-7-6-8-2-4-9(7)5-3-8;1-2-8-5-7-3-4-9(8)6-7/h10-12H,4-9H2,1-3H3;9-11H,4-8H2,1-3H3;11H,2-10H2,1H3;8-10H,4-7H2,1-3H3;7-9H,4-6H2,1-3H3;8-9H,3-7H2,1-2H3;7-10H,3-6H2,1-2H3;7-8H,3-6H2,1-2H3;6-9H,3-5H2,1-2H3;2*7-9H,2-6H2,1H3/t;;;8-,9?,10?;7-,8?,9?;8-,9?,10?;7-,8?,9?,10?;7-,8?,9?;6-,7?,8?,9?;7-,8?,9?;/m...1100000./s1. The largest absolute Gasteiger partial charge is 0.0651 e. The van der Waals surface area contributed by atoms with Gasteiger partial charge in [-0.3, -0.25) is 0 Å². The molecule has 0 N–H and O–H groups in total. The highest BCUT2D eigenvalue weighted by Crippen LogP contribution is 2.62. The molecular formula is C114H206. The summed E-state index contributed by atoms with van der Waals surface area (Å²) in [6.45, 7) is 56.4. The van der Waals surface area contributed by atoms with E-state index in [-0.39, 0.29) is 0 Å². The Kier molecular flexibility index (Phi) is 32.8. The van der Waals surface area contributed by atoms with E-state index < -0.39 is 0 Å². The fourth-order valence-electron chi connectivity index (χ4n) is 34.7. The van der Waals surface area contributed by atoms with E-state index in [0.29, 0.717) is 21.7 Å². The molecule has 0 radical (unpaired) electrons. The van der Waals surface area contributed by atoms with Crippen molar-refractivity contribution in [3.8, 4) is 0 Å². The Balaban J connectivity index is 0.000000116. The predicted molar refractivity (Wildman–Crippen MR) is 500 cm³/mol. The minimum absolute atomic E-state index is 0.654. The van der Waals surface area contributed by atoms with Crippen LogP contribution in [-0.2, 0) is 0 Å². The molecule has 0 aliphatic heterocycles. The molecular weight excluding hydrogens is 1370 g/mol. The fraction of sp³-hybridized carbons (Fsp3) is 1.00. The zero-order valence-corrected chi connectivity index (χ0v) is 81.9. The molecule has 0 aromatic rings. The average Bonchev–Trinajstić information content (AvgIpc) is 1.52. The van der Waals surface area contributed by atoms with Crippen LogP contribution in [0.2, 0.25) is 0 Å². The molecule has 662 valence electrons. The minimum atomic E-state index is 0.654. The Morgan fingerprint density at radius 3 is 0.991 bits per heavy atom. The first-order chi connectivity index (χ1) is 54.0. The summed E-state index contributed by atoms with van der Waals surface area (Å²) >= 11 is 0. The molecule has 1 spiro atoms. The third-order valence-electron chi connectivity index (χ3n) is 44.4. The molecule has 22 atom stereocenters. The van der Waals surface area contributed by atoms with E-state index in [2.05, 4.69) is 159 Å². The topological polar surface area (TPSA) is 0 Å². The predicted octanol–water partition coefficient (Wildman–Crippen LogP) is 36.3. The summed E-state index contributed by atoms with van der Waals surface area (Å²) in [6, 6.07) is 0. The summed E-state index contributed by atoms with van der Waals surface area (Å²) in [4.78, 5) is 0. The van der Waals surface area contributed by atoms with Gasteiger partial charge in [-0.2, -0.15) is 0 Å². The lowest BCUT2D eigenvalue weighted by Crippen LogP contribution is -2.44. The molecule has 20 bridgehead atoms. The Hall–Kier alpha value is 0. The molecule has 26 aliphatic rings. The van der Waals surface area contributed by atoms with Crippen LogP contribution in [0.5, 0.6) is 0 Å². The smallest absolute Gasteiger partial charge is 0.0297 e. The molecule has 114 heavy (non-hydrogen) atoms. The van der Waals surface area contributed by atoms with Gasteiger partial charge in [-0.15, -0.1) is 0 Å². The first-order valence-electron chi connectivity index (χ1n) is 54.0. The molecule has 0 heteroatoms. The van der Waals surface area contributed by atoms with Crippen molar-refractivity contribution in [2.24, 2.45) is 221 Å². The summed E-state index contributed by atoms with van der Waals surface area (Å²) in [5.74, 6) is 33.2. The van der Waals surface area contributed by atoms with Crippen LogP contribution < -0.4 is 0 Å². The van der Waals surface area contributed by atoms with Crippen molar-refractivity contribution in [2.45, 2.75) is 500 Å². The maximum Gasteiger partial charge on any atom is -0.0297 e. The normalized spacial score (nSPS) is 48.9. The van der Waals surface area contributed by atoms with Crippen molar-refractivity contribution in [3.63, 3.8) is 0 Å². The Bertz CT molecular complexity index is 2680. The van der Waals surface area contributed by atoms with Crippen LogP contribution >= 0.6 is 0 Å². The van der Waals surface area contributed by atoms with Crippen LogP contribution in [0.1, 0.15) is 500 Å². The zero-order valence-electron chi connectivity index (χ0n) is 81.9. The van der Waals surface area contributed by atoms with Crippen molar-refractivity contribution in [3.05, 3.63) is 0 Å². The van der Waals surface area contributed by atoms with Crippen LogP contribution in [0.3, 0.4) is 0 Å². The first-order valence-corrected chi connectivity index (χ1v) is 54.0. The quantitative estimate of drug-likeness (QED) is 0.259. The summed E-state index contributed by atoms with van der Waals surface area (Å²) in [6.07, 6.45) is 81.0. The lowest BCUT2D eigenvalue weighted by Gasteiger charge is -2.53. The van der Waals surface area contributed by atoms with E-state index in [1.165, 1.54) is 238 Å². The third-order valence-corrected chi connectivity index (χ3v) is 44.4. The highest BCUT2D eigenvalue weighted by atomic mass is 14.6. The summed E-state index contributed by atoms with van der Waals surface area (Å²) in [7, 11) is 0. The zero-order chi connectivity index (χ0) is 81.9. The maximum absolute atomic E-state index is 2.52. The van der Waals surface area contributed by atoms with Gasteiger partial charge >= 0.3 is 0 Å². The van der Waals surface area contributed by atoms with Crippen molar-refractivity contribution in [1.29, 1.82) is 0 Å². The van der Waals surface area contributed by atoms with E-state index in [0.717, 1.165) is 200 Å². The summed E-state index contributed by atoms with van der Waals surface area (Å²) in [5.41, 5.74) is 5.04. The molecule has 26 saturated carbocycles. The van der Waals surface area contributed by atoms with Crippen LogP contribution in [-0.4, -0.2) is 0 Å². The van der Waals surface area contributed by atoms with Gasteiger partial charge in [0.2, 0.25) is 0 Å². The Morgan fingerprint density at radius 2 is 0.675 bits per heavy atom. The van der Waals surface area contributed by atoms with E-state index >= 15 is 0 Å². The van der Waals surface area contributed by atoms with Crippen LogP contribution in [0.15, 0.2) is 0 Å². The van der Waals surface area contributed by atoms with Crippen LogP contribution in [0, 0.1) is 221 Å². The third kappa shape index (κ3) is 23.4.